The predicted octanol–water partition coefficient (Wildman–Crippen LogP) is 3.70. The van der Waals surface area contributed by atoms with Crippen LogP contribution in [-0.4, -0.2) is 75.1 Å². The average Bonchev–Trinajstić information content (AvgIpc) is 3.13. The number of pyridine rings is 1. The first kappa shape index (κ1) is 28.5. The monoisotopic (exact) mass is 593 g/mol. The van der Waals surface area contributed by atoms with Crippen LogP contribution in [0.25, 0.3) is 11.1 Å². The molecule has 0 aromatic carbocycles. The third kappa shape index (κ3) is 7.31. The normalized spacial score (nSPS) is 16.2. The molecule has 0 spiro atoms. The lowest BCUT2D eigenvalue weighted by Gasteiger charge is -2.36. The molecule has 0 atom stereocenters. The van der Waals surface area contributed by atoms with Crippen LogP contribution < -0.4 is 16.4 Å². The number of carbonyl (C=O) groups excluding carboxylic acids is 1. The molecule has 10 nitrogen and oxygen atoms in total. The summed E-state index contributed by atoms with van der Waals surface area (Å²) in [5.74, 6) is 1.34. The molecule has 1 aliphatic carbocycles. The zero-order valence-corrected chi connectivity index (χ0v) is 24.2. The van der Waals surface area contributed by atoms with Crippen molar-refractivity contribution in [2.75, 3.05) is 44.3 Å². The Morgan fingerprint density at radius 1 is 1.18 bits per heavy atom. The number of hydrogen-bond donors (Lipinski definition) is 3. The van der Waals surface area contributed by atoms with Gasteiger partial charge in [-0.1, -0.05) is 24.3 Å². The van der Waals surface area contributed by atoms with E-state index in [2.05, 4.69) is 77.4 Å². The quantitative estimate of drug-likeness (QED) is 0.280. The lowest BCUT2D eigenvalue weighted by molar-refractivity contribution is -0.108. The van der Waals surface area contributed by atoms with E-state index >= 15 is 0 Å². The van der Waals surface area contributed by atoms with Gasteiger partial charge >= 0.3 is 0 Å². The fraction of sp³-hybridized carbons (Fsp3) is 0.357. The first-order valence-electron chi connectivity index (χ1n) is 13.0. The number of halogens is 1. The largest absolute Gasteiger partial charge is 0.382 e. The summed E-state index contributed by atoms with van der Waals surface area (Å²) in [6, 6.07) is 8.48. The Balaban J connectivity index is 0.000000333. The van der Waals surface area contributed by atoms with Gasteiger partial charge in [-0.2, -0.15) is 5.10 Å². The summed E-state index contributed by atoms with van der Waals surface area (Å²) < 4.78 is 2.77. The molecule has 1 fully saturated rings. The van der Waals surface area contributed by atoms with Crippen molar-refractivity contribution in [3.05, 3.63) is 76.5 Å². The second-order valence-electron chi connectivity index (χ2n) is 9.64. The topological polar surface area (TPSA) is 117 Å². The van der Waals surface area contributed by atoms with Gasteiger partial charge in [0, 0.05) is 63.5 Å². The van der Waals surface area contributed by atoms with Gasteiger partial charge in [0.25, 0.3) is 0 Å². The number of nitrogens with two attached hydrogens (primary N) is 1. The molecule has 4 N–H and O–H groups in total. The van der Waals surface area contributed by atoms with Gasteiger partial charge in [-0.25, -0.2) is 14.5 Å². The van der Waals surface area contributed by atoms with E-state index in [4.69, 9.17) is 5.73 Å². The van der Waals surface area contributed by atoms with E-state index in [-0.39, 0.29) is 0 Å². The fourth-order valence-corrected chi connectivity index (χ4v) is 5.01. The molecular formula is C28H36BrN9O. The lowest BCUT2D eigenvalue weighted by atomic mass is 10.1. The van der Waals surface area contributed by atoms with Crippen molar-refractivity contribution in [3.63, 3.8) is 0 Å². The Bertz CT molecular complexity index is 1370. The molecule has 11 heteroatoms. The first-order valence-corrected chi connectivity index (χ1v) is 13.8. The molecule has 0 saturated carbocycles. The fourth-order valence-electron chi connectivity index (χ4n) is 4.67. The zero-order valence-electron chi connectivity index (χ0n) is 22.6. The van der Waals surface area contributed by atoms with Gasteiger partial charge in [-0.05, 0) is 59.6 Å². The summed E-state index contributed by atoms with van der Waals surface area (Å²) in [6.07, 6.45) is 10.9. The van der Waals surface area contributed by atoms with E-state index < -0.39 is 0 Å². The number of aromatic nitrogens is 4. The molecule has 206 valence electrons. The Morgan fingerprint density at radius 3 is 2.64 bits per heavy atom. The van der Waals surface area contributed by atoms with Gasteiger partial charge in [0.1, 0.15) is 22.3 Å². The van der Waals surface area contributed by atoms with Gasteiger partial charge in [0.05, 0.1) is 5.69 Å². The Labute approximate surface area is 237 Å². The molecule has 0 unspecified atom stereocenters. The molecule has 39 heavy (non-hydrogen) atoms. The Hall–Kier alpha value is -3.54. The van der Waals surface area contributed by atoms with E-state index in [9.17, 15) is 4.79 Å². The highest BCUT2D eigenvalue weighted by atomic mass is 79.9. The number of nitrogens with one attached hydrogen (secondary N) is 2. The number of piperazine rings is 1. The van der Waals surface area contributed by atoms with Crippen LogP contribution in [0.1, 0.15) is 31.5 Å². The molecule has 1 amide bonds. The van der Waals surface area contributed by atoms with Gasteiger partial charge < -0.3 is 16.4 Å². The number of nitrogens with zero attached hydrogens (tertiary/aromatic N) is 6. The van der Waals surface area contributed by atoms with Crippen molar-refractivity contribution in [2.24, 2.45) is 0 Å². The second kappa shape index (κ2) is 13.5. The van der Waals surface area contributed by atoms with Crippen LogP contribution in [0.3, 0.4) is 0 Å². The van der Waals surface area contributed by atoms with Crippen LogP contribution in [0.15, 0.2) is 65.2 Å². The van der Waals surface area contributed by atoms with Crippen molar-refractivity contribution < 1.29 is 4.79 Å². The number of hydrogen-bond acceptors (Lipinski definition) is 8. The highest BCUT2D eigenvalue weighted by Gasteiger charge is 2.22. The highest BCUT2D eigenvalue weighted by molar-refractivity contribution is 9.10. The molecule has 0 radical (unpaired) electrons. The zero-order chi connectivity index (χ0) is 27.8. The molecule has 1 saturated heterocycles. The maximum absolute atomic E-state index is 10.8. The van der Waals surface area contributed by atoms with E-state index in [0.717, 1.165) is 71.2 Å². The molecule has 0 bridgehead atoms. The van der Waals surface area contributed by atoms with Crippen LogP contribution in [0, 0.1) is 0 Å². The minimum absolute atomic E-state index is 0.463. The van der Waals surface area contributed by atoms with E-state index in [1.807, 2.05) is 48.0 Å². The number of fused-ring (bicyclic) bond motifs is 1. The van der Waals surface area contributed by atoms with Gasteiger partial charge in [-0.15, -0.1) is 0 Å². The van der Waals surface area contributed by atoms with Gasteiger partial charge in [0.15, 0.2) is 5.82 Å². The molecule has 3 aromatic rings. The molecule has 3 aromatic heterocycles. The maximum Gasteiger partial charge on any atom is 0.211 e. The van der Waals surface area contributed by atoms with Crippen molar-refractivity contribution in [2.45, 2.75) is 32.9 Å². The number of nitrogen functional groups attached to an aromatic ring is 1. The number of rotatable bonds is 7. The second-order valence-corrected chi connectivity index (χ2v) is 10.5. The number of carbonyl (C=O) groups is 1. The van der Waals surface area contributed by atoms with Crippen LogP contribution in [-0.2, 0) is 11.3 Å². The summed E-state index contributed by atoms with van der Waals surface area (Å²) in [5.41, 5.74) is 11.1. The lowest BCUT2D eigenvalue weighted by Crippen LogP contribution is -2.48. The summed E-state index contributed by atoms with van der Waals surface area (Å²) >= 11 is 3.25. The number of allylic oxidation sites excluding steroid dienone is 5. The third-order valence-electron chi connectivity index (χ3n) is 6.81. The minimum Gasteiger partial charge on any atom is -0.382 e. The third-order valence-corrected chi connectivity index (χ3v) is 7.25. The molecule has 5 rings (SSSR count). The SMILES string of the molecule is CC(C)N1CCN(Cc2cc(C3=CC=C(NC=O)CC=C3)c3c(N)ncnn23)CC1.CNc1cccc(Br)n1. The maximum atomic E-state index is 10.8. The molecular weight excluding hydrogens is 558 g/mol. The Kier molecular flexibility index (Phi) is 9.85. The van der Waals surface area contributed by atoms with Crippen LogP contribution >= 0.6 is 15.9 Å². The van der Waals surface area contributed by atoms with Gasteiger partial charge in [-0.3, -0.25) is 14.6 Å². The van der Waals surface area contributed by atoms with Crippen LogP contribution in [0.2, 0.25) is 0 Å². The van der Waals surface area contributed by atoms with E-state index in [1.54, 1.807) is 0 Å². The van der Waals surface area contributed by atoms with E-state index in [0.29, 0.717) is 24.7 Å². The number of anilines is 2. The minimum atomic E-state index is 0.463. The van der Waals surface area contributed by atoms with E-state index in [1.165, 1.54) is 6.33 Å². The summed E-state index contributed by atoms with van der Waals surface area (Å²) in [7, 11) is 1.84. The average molecular weight is 595 g/mol. The van der Waals surface area contributed by atoms with Crippen LogP contribution in [0.5, 0.6) is 0 Å². The van der Waals surface area contributed by atoms with Gasteiger partial charge in [0.2, 0.25) is 6.41 Å². The first-order chi connectivity index (χ1) is 18.9. The molecule has 4 heterocycles. The van der Waals surface area contributed by atoms with Crippen LogP contribution in [0.4, 0.5) is 11.6 Å². The predicted molar refractivity (Wildman–Crippen MR) is 160 cm³/mol. The summed E-state index contributed by atoms with van der Waals surface area (Å²) in [5, 5.41) is 10.2. The van der Waals surface area contributed by atoms with Crippen molar-refractivity contribution in [1.29, 1.82) is 0 Å². The standard InChI is InChI=1S/C22H29N7O.C6H7BrN2/c1-16(2)28-10-8-27(9-11-28)13-19-12-20(21-22(23)24-14-26-29(19)21)17-4-3-5-18(7-6-17)25-15-30;1-8-6-4-2-3-5(7)9-6/h3-4,6-7,12,14-16H,5,8-11,13H2,1-2H3,(H,25,30)(H2,23,24,26);2-4H,1H3,(H,8,9). The smallest absolute Gasteiger partial charge is 0.211 e. The highest BCUT2D eigenvalue weighted by Crippen LogP contribution is 2.30. The molecule has 1 aliphatic heterocycles. The van der Waals surface area contributed by atoms with Crippen molar-refractivity contribution >= 4 is 45.1 Å². The summed E-state index contributed by atoms with van der Waals surface area (Å²) in [4.78, 5) is 24.1. The van der Waals surface area contributed by atoms with Crippen molar-refractivity contribution in [1.82, 2.24) is 34.7 Å². The Morgan fingerprint density at radius 2 is 1.97 bits per heavy atom. The summed E-state index contributed by atoms with van der Waals surface area (Å²) in [6.45, 7) is 9.54. The molecule has 2 aliphatic rings. The van der Waals surface area contributed by atoms with Crippen molar-refractivity contribution in [3.8, 4) is 0 Å². The number of amides is 1.